The number of nitrogens with one attached hydrogen (secondary N) is 1. The molecule has 1 aliphatic carbocycles. The first kappa shape index (κ1) is 16.6. The molecule has 7 heteroatoms. The first-order chi connectivity index (χ1) is 10.8. The summed E-state index contributed by atoms with van der Waals surface area (Å²) in [5, 5.41) is 4.19. The fourth-order valence-corrected chi connectivity index (χ4v) is 3.76. The van der Waals surface area contributed by atoms with Crippen molar-refractivity contribution in [2.24, 2.45) is 0 Å². The van der Waals surface area contributed by atoms with Gasteiger partial charge < -0.3 is 9.88 Å². The summed E-state index contributed by atoms with van der Waals surface area (Å²) < 4.78 is 40.1. The predicted octanol–water partition coefficient (Wildman–Crippen LogP) is 4.73. The Morgan fingerprint density at radius 3 is 2.61 bits per heavy atom. The molecule has 0 unspecified atom stereocenters. The Kier molecular flexibility index (Phi) is 4.57. The average molecular weight is 436 g/mol. The summed E-state index contributed by atoms with van der Waals surface area (Å²) in [7, 11) is 0. The molecule has 0 bridgehead atoms. The van der Waals surface area contributed by atoms with Crippen molar-refractivity contribution in [2.75, 3.05) is 5.32 Å². The zero-order valence-corrected chi connectivity index (χ0v) is 14.4. The van der Waals surface area contributed by atoms with E-state index in [9.17, 15) is 18.0 Å². The molecule has 0 saturated heterocycles. The summed E-state index contributed by atoms with van der Waals surface area (Å²) in [6.07, 6.45) is -1.56. The third kappa shape index (κ3) is 3.81. The number of benzene rings is 1. The summed E-state index contributed by atoms with van der Waals surface area (Å²) in [5.74, 6) is 0.284. The molecule has 1 N–H and O–H groups in total. The van der Waals surface area contributed by atoms with E-state index in [2.05, 4.69) is 5.32 Å². The number of aromatic nitrogens is 1. The fraction of sp³-hybridized carbons (Fsp3) is 0.438. The molecule has 1 heterocycles. The van der Waals surface area contributed by atoms with E-state index in [1.165, 1.54) is 4.57 Å². The van der Waals surface area contributed by atoms with E-state index in [1.54, 1.807) is 18.2 Å². The summed E-state index contributed by atoms with van der Waals surface area (Å²) in [6, 6.07) is 7.33. The van der Waals surface area contributed by atoms with Crippen molar-refractivity contribution in [3.05, 3.63) is 28.0 Å². The van der Waals surface area contributed by atoms with Crippen LogP contribution < -0.4 is 5.32 Å². The summed E-state index contributed by atoms with van der Waals surface area (Å²) in [5.41, 5.74) is 1.41. The molecule has 1 aromatic heterocycles. The second kappa shape index (κ2) is 6.33. The number of hydrogen-bond donors (Lipinski definition) is 1. The van der Waals surface area contributed by atoms with Crippen LogP contribution in [0.1, 0.15) is 25.7 Å². The second-order valence-electron chi connectivity index (χ2n) is 5.86. The Labute approximate surface area is 145 Å². The lowest BCUT2D eigenvalue weighted by atomic mass is 9.94. The van der Waals surface area contributed by atoms with Gasteiger partial charge in [-0.2, -0.15) is 13.2 Å². The minimum Gasteiger partial charge on any atom is -0.382 e. The van der Waals surface area contributed by atoms with Crippen LogP contribution in [0.3, 0.4) is 0 Å². The molecule has 1 aromatic carbocycles. The lowest BCUT2D eigenvalue weighted by Gasteiger charge is -2.23. The zero-order chi connectivity index (χ0) is 16.6. The van der Waals surface area contributed by atoms with Gasteiger partial charge in [-0.25, -0.2) is 0 Å². The van der Waals surface area contributed by atoms with E-state index in [1.807, 2.05) is 28.7 Å². The maximum absolute atomic E-state index is 12.8. The average Bonchev–Trinajstić information content (AvgIpc) is 2.77. The minimum absolute atomic E-state index is 0.196. The van der Waals surface area contributed by atoms with Crippen LogP contribution >= 0.6 is 22.6 Å². The molecule has 1 aliphatic rings. The van der Waals surface area contributed by atoms with Crippen LogP contribution in [0.25, 0.3) is 10.9 Å². The predicted molar refractivity (Wildman–Crippen MR) is 91.6 cm³/mol. The molecule has 1 fully saturated rings. The highest BCUT2D eigenvalue weighted by atomic mass is 127. The Morgan fingerprint density at radius 1 is 1.26 bits per heavy atom. The second-order valence-corrected chi connectivity index (χ2v) is 6.97. The number of anilines is 1. The highest BCUT2D eigenvalue weighted by Gasteiger charge is 2.30. The van der Waals surface area contributed by atoms with E-state index in [-0.39, 0.29) is 11.8 Å². The van der Waals surface area contributed by atoms with Crippen LogP contribution in [-0.2, 0) is 11.3 Å². The topological polar surface area (TPSA) is 34.0 Å². The standard InChI is InChI=1S/C16H16F3IN2O/c17-16(18,19)9-22-14-3-1-2-13(12(14)8-15(22)20)21-10-4-6-11(23)7-5-10/h1-3,8,10,21H,4-7,9H2. The van der Waals surface area contributed by atoms with Gasteiger partial charge in [-0.05, 0) is 53.6 Å². The van der Waals surface area contributed by atoms with E-state index in [0.717, 1.165) is 23.9 Å². The first-order valence-electron chi connectivity index (χ1n) is 7.46. The van der Waals surface area contributed by atoms with Crippen molar-refractivity contribution >= 4 is 45.0 Å². The van der Waals surface area contributed by atoms with Crippen LogP contribution in [0.4, 0.5) is 18.9 Å². The van der Waals surface area contributed by atoms with Crippen molar-refractivity contribution < 1.29 is 18.0 Å². The Hall–Kier alpha value is -1.25. The largest absolute Gasteiger partial charge is 0.406 e. The minimum atomic E-state index is -4.25. The number of Topliss-reactive ketones (excluding diaryl/α,β-unsaturated/α-hetero) is 1. The first-order valence-corrected chi connectivity index (χ1v) is 8.54. The molecule has 2 aromatic rings. The van der Waals surface area contributed by atoms with Gasteiger partial charge in [0.25, 0.3) is 0 Å². The normalized spacial score (nSPS) is 17.0. The van der Waals surface area contributed by atoms with E-state index >= 15 is 0 Å². The number of nitrogens with zero attached hydrogens (tertiary/aromatic N) is 1. The van der Waals surface area contributed by atoms with Crippen molar-refractivity contribution in [2.45, 2.75) is 44.4 Å². The van der Waals surface area contributed by atoms with Gasteiger partial charge in [0.1, 0.15) is 12.3 Å². The maximum Gasteiger partial charge on any atom is 0.406 e. The smallest absolute Gasteiger partial charge is 0.382 e. The van der Waals surface area contributed by atoms with Gasteiger partial charge in [-0.15, -0.1) is 0 Å². The van der Waals surface area contributed by atoms with Gasteiger partial charge in [0, 0.05) is 30.0 Å². The Morgan fingerprint density at radius 2 is 1.96 bits per heavy atom. The van der Waals surface area contributed by atoms with Gasteiger partial charge >= 0.3 is 6.18 Å². The summed E-state index contributed by atoms with van der Waals surface area (Å²) >= 11 is 1.93. The van der Waals surface area contributed by atoms with Crippen molar-refractivity contribution in [3.8, 4) is 0 Å². The Balaban J connectivity index is 1.90. The van der Waals surface area contributed by atoms with Crippen LogP contribution in [-0.4, -0.2) is 22.6 Å². The van der Waals surface area contributed by atoms with Crippen LogP contribution in [0.15, 0.2) is 24.3 Å². The highest BCUT2D eigenvalue weighted by Crippen LogP contribution is 2.32. The molecule has 3 nitrogen and oxygen atoms in total. The Bertz CT molecular complexity index is 729. The molecule has 0 aliphatic heterocycles. The fourth-order valence-electron chi connectivity index (χ4n) is 3.02. The van der Waals surface area contributed by atoms with Crippen LogP contribution in [0, 0.1) is 3.70 Å². The van der Waals surface area contributed by atoms with Gasteiger partial charge in [0.15, 0.2) is 0 Å². The maximum atomic E-state index is 12.8. The zero-order valence-electron chi connectivity index (χ0n) is 12.3. The van der Waals surface area contributed by atoms with Crippen LogP contribution in [0.5, 0.6) is 0 Å². The van der Waals surface area contributed by atoms with Gasteiger partial charge in [0.2, 0.25) is 0 Å². The summed E-state index contributed by atoms with van der Waals surface area (Å²) in [4.78, 5) is 11.3. The number of rotatable bonds is 3. The van der Waals surface area contributed by atoms with Crippen molar-refractivity contribution in [1.82, 2.24) is 4.57 Å². The molecule has 23 heavy (non-hydrogen) atoms. The quantitative estimate of drug-likeness (QED) is 0.707. The van der Waals surface area contributed by atoms with E-state index in [0.29, 0.717) is 22.1 Å². The molecule has 3 rings (SSSR count). The SMILES string of the molecule is O=C1CCC(Nc2cccc3c2cc(I)n3CC(F)(F)F)CC1. The van der Waals surface area contributed by atoms with Gasteiger partial charge in [0.05, 0.1) is 9.22 Å². The number of fused-ring (bicyclic) bond motifs is 1. The molecule has 124 valence electrons. The van der Waals surface area contributed by atoms with Crippen molar-refractivity contribution in [1.29, 1.82) is 0 Å². The number of hydrogen-bond acceptors (Lipinski definition) is 2. The summed E-state index contributed by atoms with van der Waals surface area (Å²) in [6.45, 7) is -0.990. The highest BCUT2D eigenvalue weighted by molar-refractivity contribution is 14.1. The molecular formula is C16H16F3IN2O. The van der Waals surface area contributed by atoms with Crippen molar-refractivity contribution in [3.63, 3.8) is 0 Å². The number of carbonyl (C=O) groups is 1. The van der Waals surface area contributed by atoms with Crippen LogP contribution in [0.2, 0.25) is 0 Å². The number of alkyl halides is 3. The number of ketones is 1. The monoisotopic (exact) mass is 436 g/mol. The molecule has 1 saturated carbocycles. The molecular weight excluding hydrogens is 420 g/mol. The van der Waals surface area contributed by atoms with Gasteiger partial charge in [-0.1, -0.05) is 6.07 Å². The number of carbonyl (C=O) groups excluding carboxylic acids is 1. The number of halogens is 4. The molecule has 0 atom stereocenters. The molecule has 0 amide bonds. The van der Waals surface area contributed by atoms with Gasteiger partial charge in [-0.3, -0.25) is 4.79 Å². The molecule has 0 radical (unpaired) electrons. The third-order valence-electron chi connectivity index (χ3n) is 4.14. The lowest BCUT2D eigenvalue weighted by Crippen LogP contribution is -2.26. The van der Waals surface area contributed by atoms with E-state index in [4.69, 9.17) is 0 Å². The lowest BCUT2D eigenvalue weighted by molar-refractivity contribution is -0.140. The molecule has 0 spiro atoms. The third-order valence-corrected chi connectivity index (χ3v) is 5.03. The van der Waals surface area contributed by atoms with E-state index < -0.39 is 12.7 Å².